The van der Waals surface area contributed by atoms with Crippen molar-refractivity contribution in [3.05, 3.63) is 0 Å². The standard InChI is InChI=1S/H2O4S.O.Pt/c1-5(2,3)4;;/h(H2,1,2,3,4);;/q;-2;+4/p-2. The van der Waals surface area contributed by atoms with Crippen molar-refractivity contribution in [3.8, 4) is 0 Å². The van der Waals surface area contributed by atoms with Crippen LogP contribution in [0.3, 0.4) is 0 Å². The van der Waals surface area contributed by atoms with E-state index in [0.717, 1.165) is 0 Å². The Morgan fingerprint density at radius 2 is 1.14 bits per heavy atom. The second kappa shape index (κ2) is 4.67. The topological polar surface area (TPSA) is 109 Å². The molecular weight excluding hydrogens is 307 g/mol. The maximum atomic E-state index is 8.52. The average molecular weight is 307 g/mol. The Kier molecular flexibility index (Phi) is 10.4. The van der Waals surface area contributed by atoms with E-state index in [1.807, 2.05) is 0 Å². The monoisotopic (exact) mass is 307 g/mol. The molecule has 0 radical (unpaired) electrons. The average Bonchev–Trinajstić information content (AvgIpc) is 0.722. The largest absolute Gasteiger partial charge is 4.00 e. The molecule has 0 fully saturated rings. The molecule has 7 heavy (non-hydrogen) atoms. The Balaban J connectivity index is -0.0000000800. The van der Waals surface area contributed by atoms with Gasteiger partial charge in [0.1, 0.15) is 0 Å². The molecule has 0 aromatic heterocycles. The van der Waals surface area contributed by atoms with Crippen LogP contribution < -0.4 is 0 Å². The maximum absolute atomic E-state index is 8.52. The first kappa shape index (κ1) is 15.6. The van der Waals surface area contributed by atoms with Crippen LogP contribution in [0.15, 0.2) is 0 Å². The molecule has 0 aliphatic rings. The first-order valence-corrected chi connectivity index (χ1v) is 2.00. The van der Waals surface area contributed by atoms with E-state index in [9.17, 15) is 0 Å². The van der Waals surface area contributed by atoms with Gasteiger partial charge < -0.3 is 14.6 Å². The third-order valence-electron chi connectivity index (χ3n) is 0. The first-order chi connectivity index (χ1) is 2.00. The summed E-state index contributed by atoms with van der Waals surface area (Å²) in [6.07, 6.45) is 0. The zero-order valence-corrected chi connectivity index (χ0v) is 5.85. The Morgan fingerprint density at radius 3 is 1.14 bits per heavy atom. The summed E-state index contributed by atoms with van der Waals surface area (Å²) in [6.45, 7) is 0. The molecule has 46 valence electrons. The SMILES string of the molecule is O=S(=O)([O-])[O-].[O-2].[Pt+4]. The second-order valence-corrected chi connectivity index (χ2v) is 1.22. The van der Waals surface area contributed by atoms with Crippen LogP contribution in [0.2, 0.25) is 0 Å². The summed E-state index contributed by atoms with van der Waals surface area (Å²) in [5.41, 5.74) is 0. The molecule has 0 rings (SSSR count). The van der Waals surface area contributed by atoms with E-state index in [-0.39, 0.29) is 26.5 Å². The summed E-state index contributed by atoms with van der Waals surface area (Å²) < 4.78 is 34.1. The summed E-state index contributed by atoms with van der Waals surface area (Å²) in [6, 6.07) is 0. The van der Waals surface area contributed by atoms with Gasteiger partial charge in [-0.25, -0.2) is 0 Å². The molecule has 0 atom stereocenters. The van der Waals surface area contributed by atoms with Crippen molar-refractivity contribution in [2.45, 2.75) is 0 Å². The minimum atomic E-state index is -5.17. The molecule has 0 aromatic rings. The predicted molar refractivity (Wildman–Crippen MR) is 11.2 cm³/mol. The van der Waals surface area contributed by atoms with E-state index in [1.54, 1.807) is 0 Å². The quantitative estimate of drug-likeness (QED) is 0.402. The van der Waals surface area contributed by atoms with Crippen LogP contribution in [-0.2, 0) is 36.9 Å². The van der Waals surface area contributed by atoms with Crippen molar-refractivity contribution >= 4 is 10.4 Å². The van der Waals surface area contributed by atoms with Gasteiger partial charge in [-0.1, -0.05) is 0 Å². The smallest absolute Gasteiger partial charge is 2.00 e. The molecule has 0 amide bonds. The Bertz CT molecular complexity index is 91.2. The Hall–Kier alpha value is 0.518. The summed E-state index contributed by atoms with van der Waals surface area (Å²) in [5.74, 6) is 0. The van der Waals surface area contributed by atoms with Crippen molar-refractivity contribution in [1.29, 1.82) is 0 Å². The summed E-state index contributed by atoms with van der Waals surface area (Å²) in [7, 11) is -5.17. The Labute approximate surface area is 54.9 Å². The molecule has 0 heterocycles. The molecule has 0 aromatic carbocycles. The molecule has 7 heteroatoms. The summed E-state index contributed by atoms with van der Waals surface area (Å²) >= 11 is 0. The van der Waals surface area contributed by atoms with Crippen molar-refractivity contribution in [2.75, 3.05) is 0 Å². The fourth-order valence-corrected chi connectivity index (χ4v) is 0. The van der Waals surface area contributed by atoms with E-state index in [2.05, 4.69) is 0 Å². The summed E-state index contributed by atoms with van der Waals surface area (Å²) in [4.78, 5) is 0. The molecule has 0 saturated carbocycles. The zero-order valence-electron chi connectivity index (χ0n) is 2.77. The van der Waals surface area contributed by atoms with Crippen molar-refractivity contribution in [1.82, 2.24) is 0 Å². The van der Waals surface area contributed by atoms with Crippen LogP contribution in [0.4, 0.5) is 0 Å². The van der Waals surface area contributed by atoms with Crippen LogP contribution in [0.25, 0.3) is 0 Å². The Morgan fingerprint density at radius 1 is 1.14 bits per heavy atom. The van der Waals surface area contributed by atoms with E-state index in [4.69, 9.17) is 17.5 Å². The third-order valence-corrected chi connectivity index (χ3v) is 0. The van der Waals surface area contributed by atoms with Crippen molar-refractivity contribution in [2.24, 2.45) is 0 Å². The molecule has 0 aliphatic carbocycles. The van der Waals surface area contributed by atoms with Gasteiger partial charge in [0.2, 0.25) is 0 Å². The van der Waals surface area contributed by atoms with E-state index in [0.29, 0.717) is 0 Å². The zero-order chi connectivity index (χ0) is 4.50. The van der Waals surface area contributed by atoms with Gasteiger partial charge in [-0.05, 0) is 0 Å². The van der Waals surface area contributed by atoms with Gasteiger partial charge in [-0.15, -0.1) is 0 Å². The van der Waals surface area contributed by atoms with E-state index >= 15 is 0 Å². The minimum Gasteiger partial charge on any atom is -2.00 e. The minimum absolute atomic E-state index is 0. The third kappa shape index (κ3) is 495. The second-order valence-electron chi connectivity index (χ2n) is 0.408. The number of rotatable bonds is 0. The maximum Gasteiger partial charge on any atom is 4.00 e. The van der Waals surface area contributed by atoms with Crippen LogP contribution >= 0.6 is 0 Å². The number of hydrogen-bond donors (Lipinski definition) is 0. The fraction of sp³-hybridized carbons (Fsp3) is 0. The van der Waals surface area contributed by atoms with Crippen LogP contribution in [-0.4, -0.2) is 17.5 Å². The van der Waals surface area contributed by atoms with Gasteiger partial charge in [0.05, 0.1) is 0 Å². The first-order valence-electron chi connectivity index (χ1n) is 0.667. The molecule has 0 N–H and O–H groups in total. The molecular formula is O5PtS. The van der Waals surface area contributed by atoms with Gasteiger partial charge in [-0.3, -0.25) is 8.42 Å². The van der Waals surface area contributed by atoms with Crippen molar-refractivity contribution in [3.63, 3.8) is 0 Å². The molecule has 0 bridgehead atoms. The van der Waals surface area contributed by atoms with Gasteiger partial charge in [0.15, 0.2) is 0 Å². The van der Waals surface area contributed by atoms with Crippen LogP contribution in [0.1, 0.15) is 0 Å². The van der Waals surface area contributed by atoms with E-state index < -0.39 is 10.4 Å². The molecule has 0 saturated heterocycles. The normalized spacial score (nSPS) is 8.29. The molecule has 5 nitrogen and oxygen atoms in total. The fourth-order valence-electron chi connectivity index (χ4n) is 0. The van der Waals surface area contributed by atoms with Crippen LogP contribution in [0, 0.1) is 0 Å². The predicted octanol–water partition coefficient (Wildman–Crippen LogP) is -1.46. The van der Waals surface area contributed by atoms with Gasteiger partial charge in [0, 0.05) is 10.4 Å². The van der Waals surface area contributed by atoms with Crippen LogP contribution in [0.5, 0.6) is 0 Å². The van der Waals surface area contributed by atoms with Crippen molar-refractivity contribution < 1.29 is 44.1 Å². The molecule has 0 unspecified atom stereocenters. The van der Waals surface area contributed by atoms with Gasteiger partial charge in [-0.2, -0.15) is 0 Å². The van der Waals surface area contributed by atoms with E-state index in [1.165, 1.54) is 0 Å². The van der Waals surface area contributed by atoms with Gasteiger partial charge in [0.25, 0.3) is 0 Å². The molecule has 0 spiro atoms. The number of hydrogen-bond acceptors (Lipinski definition) is 4. The van der Waals surface area contributed by atoms with Gasteiger partial charge >= 0.3 is 21.1 Å². The summed E-state index contributed by atoms with van der Waals surface area (Å²) in [5, 5.41) is 0. The molecule has 0 aliphatic heterocycles.